The Bertz CT molecular complexity index is 403. The lowest BCUT2D eigenvalue weighted by molar-refractivity contribution is 0.293. The molecule has 0 amide bonds. The highest BCUT2D eigenvalue weighted by Gasteiger charge is 2.06. The van der Waals surface area contributed by atoms with Gasteiger partial charge in [0.15, 0.2) is 5.96 Å². The van der Waals surface area contributed by atoms with Gasteiger partial charge in [-0.3, -0.25) is 4.99 Å². The minimum atomic E-state index is 0.601. The molecule has 0 aliphatic heterocycles. The summed E-state index contributed by atoms with van der Waals surface area (Å²) < 4.78 is 0. The van der Waals surface area contributed by atoms with Crippen LogP contribution in [0.2, 0.25) is 0 Å². The number of rotatable bonds is 10. The molecular weight excluding hydrogens is 292 g/mol. The molecule has 1 atom stereocenters. The highest BCUT2D eigenvalue weighted by atomic mass is 32.1. The Balaban J connectivity index is 2.21. The second kappa shape index (κ2) is 11.5. The van der Waals surface area contributed by atoms with Crippen LogP contribution in [0.4, 0.5) is 0 Å². The Kier molecular flexibility index (Phi) is 9.91. The Morgan fingerprint density at radius 2 is 2.14 bits per heavy atom. The summed E-state index contributed by atoms with van der Waals surface area (Å²) in [6, 6.07) is 4.33. The minimum absolute atomic E-state index is 0.601. The van der Waals surface area contributed by atoms with Crippen molar-refractivity contribution in [2.75, 3.05) is 39.8 Å². The van der Waals surface area contributed by atoms with Crippen molar-refractivity contribution in [2.45, 2.75) is 33.6 Å². The first-order chi connectivity index (χ1) is 10.7. The monoisotopic (exact) mass is 324 g/mol. The largest absolute Gasteiger partial charge is 0.356 e. The number of hydrogen-bond acceptors (Lipinski definition) is 3. The van der Waals surface area contributed by atoms with Gasteiger partial charge in [-0.25, -0.2) is 0 Å². The molecule has 1 rings (SSSR count). The van der Waals surface area contributed by atoms with E-state index in [2.05, 4.69) is 58.8 Å². The van der Waals surface area contributed by atoms with Crippen LogP contribution in [0, 0.1) is 5.92 Å². The van der Waals surface area contributed by atoms with Crippen molar-refractivity contribution >= 4 is 17.3 Å². The first kappa shape index (κ1) is 19.0. The highest BCUT2D eigenvalue weighted by molar-refractivity contribution is 7.09. The van der Waals surface area contributed by atoms with Gasteiger partial charge in [-0.2, -0.15) is 0 Å². The highest BCUT2D eigenvalue weighted by Crippen LogP contribution is 2.13. The molecule has 0 fully saturated rings. The lowest BCUT2D eigenvalue weighted by Crippen LogP contribution is -2.43. The third-order valence-corrected chi connectivity index (χ3v) is 4.58. The van der Waals surface area contributed by atoms with Crippen LogP contribution in [0.1, 0.15) is 32.1 Å². The zero-order valence-corrected chi connectivity index (χ0v) is 15.4. The summed E-state index contributed by atoms with van der Waals surface area (Å²) >= 11 is 1.84. The van der Waals surface area contributed by atoms with E-state index in [-0.39, 0.29) is 0 Å². The molecule has 0 spiro atoms. The number of aliphatic imine (C=N–C) groups is 1. The van der Waals surface area contributed by atoms with E-state index in [0.717, 1.165) is 38.6 Å². The van der Waals surface area contributed by atoms with Crippen molar-refractivity contribution in [1.29, 1.82) is 0 Å². The molecule has 1 unspecified atom stereocenters. The smallest absolute Gasteiger partial charge is 0.191 e. The van der Waals surface area contributed by atoms with E-state index in [1.807, 2.05) is 18.4 Å². The van der Waals surface area contributed by atoms with Gasteiger partial charge in [0.2, 0.25) is 0 Å². The Morgan fingerprint density at radius 3 is 2.73 bits per heavy atom. The predicted octanol–water partition coefficient (Wildman–Crippen LogP) is 2.82. The standard InChI is InChI=1S/C17H32N4S/c1-5-10-21(6-2)11-9-19-17(18-4)20-14-15(3)13-16-8-7-12-22-16/h7-8,12,15H,5-6,9-11,13-14H2,1-4H3,(H2,18,19,20). The normalized spacial score (nSPS) is 13.4. The van der Waals surface area contributed by atoms with Gasteiger partial charge in [-0.05, 0) is 43.3 Å². The third-order valence-electron chi connectivity index (χ3n) is 3.68. The Hall–Kier alpha value is -1.07. The molecule has 1 aromatic heterocycles. The van der Waals surface area contributed by atoms with Crippen LogP contribution in [0.15, 0.2) is 22.5 Å². The Morgan fingerprint density at radius 1 is 1.32 bits per heavy atom. The van der Waals surface area contributed by atoms with E-state index >= 15 is 0 Å². The average Bonchev–Trinajstić information content (AvgIpc) is 3.02. The van der Waals surface area contributed by atoms with Gasteiger partial charge in [0, 0.05) is 31.6 Å². The van der Waals surface area contributed by atoms with Crippen LogP contribution in [0.3, 0.4) is 0 Å². The zero-order chi connectivity index (χ0) is 16.2. The van der Waals surface area contributed by atoms with Crippen LogP contribution in [0.5, 0.6) is 0 Å². The molecule has 1 aromatic rings. The van der Waals surface area contributed by atoms with Gasteiger partial charge >= 0.3 is 0 Å². The van der Waals surface area contributed by atoms with E-state index in [1.54, 1.807) is 0 Å². The maximum atomic E-state index is 4.30. The number of hydrogen-bond donors (Lipinski definition) is 2. The fraction of sp³-hybridized carbons (Fsp3) is 0.706. The van der Waals surface area contributed by atoms with E-state index in [0.29, 0.717) is 5.92 Å². The number of thiophene rings is 1. The summed E-state index contributed by atoms with van der Waals surface area (Å²) in [5.74, 6) is 1.51. The summed E-state index contributed by atoms with van der Waals surface area (Å²) in [6.45, 7) is 12.0. The second-order valence-electron chi connectivity index (χ2n) is 5.70. The molecule has 1 heterocycles. The molecule has 5 heteroatoms. The molecule has 0 aromatic carbocycles. The van der Waals surface area contributed by atoms with Gasteiger partial charge in [0.1, 0.15) is 0 Å². The lowest BCUT2D eigenvalue weighted by Gasteiger charge is -2.21. The number of likely N-dealkylation sites (N-methyl/N-ethyl adjacent to an activating group) is 1. The number of nitrogens with one attached hydrogen (secondary N) is 2. The van der Waals surface area contributed by atoms with Gasteiger partial charge in [-0.15, -0.1) is 11.3 Å². The van der Waals surface area contributed by atoms with Crippen molar-refractivity contribution in [3.05, 3.63) is 22.4 Å². The Labute approximate surface area is 140 Å². The number of nitrogens with zero attached hydrogens (tertiary/aromatic N) is 2. The minimum Gasteiger partial charge on any atom is -0.356 e. The van der Waals surface area contributed by atoms with Crippen LogP contribution >= 0.6 is 11.3 Å². The first-order valence-corrected chi connectivity index (χ1v) is 9.26. The molecule has 22 heavy (non-hydrogen) atoms. The van der Waals surface area contributed by atoms with Crippen molar-refractivity contribution < 1.29 is 0 Å². The van der Waals surface area contributed by atoms with Gasteiger partial charge in [0.25, 0.3) is 0 Å². The van der Waals surface area contributed by atoms with Gasteiger partial charge in [-0.1, -0.05) is 26.8 Å². The third kappa shape index (κ3) is 7.80. The summed E-state index contributed by atoms with van der Waals surface area (Å²) in [5.41, 5.74) is 0. The molecular formula is C17H32N4S. The van der Waals surface area contributed by atoms with E-state index in [9.17, 15) is 0 Å². The topological polar surface area (TPSA) is 39.7 Å². The van der Waals surface area contributed by atoms with E-state index in [1.165, 1.54) is 17.8 Å². The van der Waals surface area contributed by atoms with Gasteiger partial charge < -0.3 is 15.5 Å². The van der Waals surface area contributed by atoms with Crippen LogP contribution in [-0.4, -0.2) is 50.6 Å². The van der Waals surface area contributed by atoms with Crippen LogP contribution < -0.4 is 10.6 Å². The van der Waals surface area contributed by atoms with Crippen molar-refractivity contribution in [1.82, 2.24) is 15.5 Å². The molecule has 0 bridgehead atoms. The molecule has 0 saturated heterocycles. The summed E-state index contributed by atoms with van der Waals surface area (Å²) in [4.78, 5) is 8.22. The molecule has 126 valence electrons. The van der Waals surface area contributed by atoms with E-state index < -0.39 is 0 Å². The van der Waals surface area contributed by atoms with E-state index in [4.69, 9.17) is 0 Å². The molecule has 0 aliphatic rings. The lowest BCUT2D eigenvalue weighted by atomic mass is 10.1. The fourth-order valence-corrected chi connectivity index (χ4v) is 3.28. The first-order valence-electron chi connectivity index (χ1n) is 8.38. The second-order valence-corrected chi connectivity index (χ2v) is 6.74. The molecule has 2 N–H and O–H groups in total. The van der Waals surface area contributed by atoms with Gasteiger partial charge in [0.05, 0.1) is 0 Å². The average molecular weight is 325 g/mol. The molecule has 0 radical (unpaired) electrons. The van der Waals surface area contributed by atoms with Crippen molar-refractivity contribution in [3.63, 3.8) is 0 Å². The number of guanidine groups is 1. The molecule has 0 aliphatic carbocycles. The fourth-order valence-electron chi connectivity index (χ4n) is 2.41. The summed E-state index contributed by atoms with van der Waals surface area (Å²) in [5, 5.41) is 8.98. The van der Waals surface area contributed by atoms with Crippen molar-refractivity contribution in [3.8, 4) is 0 Å². The maximum absolute atomic E-state index is 4.30. The molecule has 4 nitrogen and oxygen atoms in total. The SMILES string of the molecule is CCCN(CC)CCNC(=NC)NCC(C)Cc1cccs1. The van der Waals surface area contributed by atoms with Crippen LogP contribution in [-0.2, 0) is 6.42 Å². The summed E-state index contributed by atoms with van der Waals surface area (Å²) in [6.07, 6.45) is 2.34. The maximum Gasteiger partial charge on any atom is 0.191 e. The van der Waals surface area contributed by atoms with Crippen molar-refractivity contribution in [2.24, 2.45) is 10.9 Å². The quantitative estimate of drug-likeness (QED) is 0.513. The van der Waals surface area contributed by atoms with Crippen LogP contribution in [0.25, 0.3) is 0 Å². The zero-order valence-electron chi connectivity index (χ0n) is 14.6. The summed E-state index contributed by atoms with van der Waals surface area (Å²) in [7, 11) is 1.84. The predicted molar refractivity (Wildman–Crippen MR) is 99.0 cm³/mol. The molecule has 0 saturated carbocycles.